The minimum atomic E-state index is -1.06. The summed E-state index contributed by atoms with van der Waals surface area (Å²) in [5, 5.41) is 12.6. The molecule has 0 aromatic heterocycles. The van der Waals surface area contributed by atoms with Crippen molar-refractivity contribution in [3.63, 3.8) is 0 Å². The molecule has 1 heterocycles. The number of carbonyl (C=O) groups excluding carboxylic acids is 2. The molecular weight excluding hydrogens is 477 g/mol. The van der Waals surface area contributed by atoms with Crippen molar-refractivity contribution >= 4 is 60.1 Å². The number of amides is 1. The second-order valence-corrected chi connectivity index (χ2v) is 8.05. The van der Waals surface area contributed by atoms with Gasteiger partial charge in [-0.05, 0) is 44.7 Å². The second-order valence-electron chi connectivity index (χ2n) is 6.99. The lowest BCUT2D eigenvalue weighted by Gasteiger charge is -2.27. The Morgan fingerprint density at radius 1 is 1.34 bits per heavy atom. The van der Waals surface area contributed by atoms with Crippen LogP contribution in [-0.2, 0) is 19.1 Å². The van der Waals surface area contributed by atoms with Gasteiger partial charge in [0.2, 0.25) is 5.91 Å². The first kappa shape index (κ1) is 30.3. The van der Waals surface area contributed by atoms with Gasteiger partial charge in [-0.15, -0.1) is 36.6 Å². The van der Waals surface area contributed by atoms with Gasteiger partial charge in [-0.2, -0.15) is 0 Å². The van der Waals surface area contributed by atoms with Crippen molar-refractivity contribution in [3.05, 3.63) is 30.0 Å². The van der Waals surface area contributed by atoms with Crippen LogP contribution >= 0.6 is 36.6 Å². The summed E-state index contributed by atoms with van der Waals surface area (Å²) >= 11 is 1.52. The monoisotopic (exact) mass is 507 g/mol. The van der Waals surface area contributed by atoms with E-state index >= 15 is 0 Å². The van der Waals surface area contributed by atoms with Crippen molar-refractivity contribution in [3.8, 4) is 0 Å². The number of ether oxygens (including phenoxy) is 1. The molecule has 11 heteroatoms. The summed E-state index contributed by atoms with van der Waals surface area (Å²) in [5.41, 5.74) is 6.32. The number of nitrogens with two attached hydrogens (primary N) is 1. The molecule has 1 amide bonds. The van der Waals surface area contributed by atoms with Crippen LogP contribution < -0.4 is 16.0 Å². The molecule has 1 aliphatic rings. The molecule has 1 aromatic rings. The molecule has 0 saturated carbocycles. The topological polar surface area (TPSA) is 122 Å². The van der Waals surface area contributed by atoms with Gasteiger partial charge < -0.3 is 15.6 Å². The van der Waals surface area contributed by atoms with Crippen LogP contribution in [0.2, 0.25) is 0 Å². The Bertz CT molecular complexity index is 792. The Kier molecular flexibility index (Phi) is 15.1. The SMILES string of the molecule is CCO[C@@H](CCCCCC(N)=C=O)N[C@H]1CSc2ccccc2N(CC(=O)O)C1=O.Cl.Cl. The van der Waals surface area contributed by atoms with Crippen LogP contribution in [0, 0.1) is 0 Å². The van der Waals surface area contributed by atoms with Crippen LogP contribution in [0.3, 0.4) is 0 Å². The highest BCUT2D eigenvalue weighted by atomic mass is 35.5. The third-order valence-electron chi connectivity index (χ3n) is 4.72. The Hall–Kier alpha value is -1.74. The fourth-order valence-electron chi connectivity index (χ4n) is 3.28. The van der Waals surface area contributed by atoms with Crippen molar-refractivity contribution in [2.24, 2.45) is 5.73 Å². The van der Waals surface area contributed by atoms with Crippen LogP contribution in [0.5, 0.6) is 0 Å². The average Bonchev–Trinajstić information content (AvgIpc) is 2.85. The third-order valence-corrected chi connectivity index (χ3v) is 5.87. The van der Waals surface area contributed by atoms with Crippen molar-refractivity contribution in [2.75, 3.05) is 23.8 Å². The zero-order valence-electron chi connectivity index (χ0n) is 18.0. The third kappa shape index (κ3) is 9.40. The number of carboxylic acids is 1. The minimum Gasteiger partial charge on any atom is -0.480 e. The molecule has 32 heavy (non-hydrogen) atoms. The molecule has 0 radical (unpaired) electrons. The molecule has 0 bridgehead atoms. The van der Waals surface area contributed by atoms with E-state index in [1.807, 2.05) is 19.1 Å². The smallest absolute Gasteiger partial charge is 0.323 e. The molecule has 0 unspecified atom stereocenters. The standard InChI is InChI=1S/C21H29N3O5S.2ClH/c1-2-29-19(11-5-3-4-8-15(22)13-25)23-16-14-30-18-10-7-6-9-17(18)24(21(16)28)12-20(26)27;;/h6-7,9-10,16,19,23H,2-5,8,11-12,14,22H2,1H3,(H,26,27);2*1H/t16-,19-;;/m0../s1. The molecule has 0 saturated heterocycles. The summed E-state index contributed by atoms with van der Waals surface area (Å²) in [4.78, 5) is 37.1. The lowest BCUT2D eigenvalue weighted by Crippen LogP contribution is -2.52. The van der Waals surface area contributed by atoms with Crippen LogP contribution in [0.25, 0.3) is 0 Å². The highest BCUT2D eigenvalue weighted by molar-refractivity contribution is 7.99. The van der Waals surface area contributed by atoms with Gasteiger partial charge in [-0.3, -0.25) is 19.8 Å². The molecule has 4 N–H and O–H groups in total. The first-order valence-electron chi connectivity index (χ1n) is 10.1. The zero-order chi connectivity index (χ0) is 21.9. The number of carbonyl (C=O) groups is 2. The normalized spacial score (nSPS) is 16.0. The second kappa shape index (κ2) is 16.0. The molecule has 8 nitrogen and oxygen atoms in total. The highest BCUT2D eigenvalue weighted by Gasteiger charge is 2.33. The maximum absolute atomic E-state index is 13.1. The maximum Gasteiger partial charge on any atom is 0.323 e. The number of para-hydroxylation sites is 1. The first-order valence-corrected chi connectivity index (χ1v) is 11.1. The van der Waals surface area contributed by atoms with E-state index in [1.54, 1.807) is 18.1 Å². The largest absolute Gasteiger partial charge is 0.480 e. The number of fused-ring (bicyclic) bond motifs is 1. The predicted octanol–water partition coefficient (Wildman–Crippen LogP) is 3.00. The van der Waals surface area contributed by atoms with Crippen molar-refractivity contribution < 1.29 is 24.2 Å². The van der Waals surface area contributed by atoms with E-state index in [0.717, 1.165) is 24.2 Å². The lowest BCUT2D eigenvalue weighted by molar-refractivity contribution is -0.137. The van der Waals surface area contributed by atoms with E-state index in [9.17, 15) is 19.5 Å². The van der Waals surface area contributed by atoms with Gasteiger partial charge in [0.1, 0.15) is 18.7 Å². The number of rotatable bonds is 12. The molecule has 0 fully saturated rings. The van der Waals surface area contributed by atoms with Gasteiger partial charge in [-0.25, -0.2) is 4.79 Å². The number of halogens is 2. The number of allylic oxidation sites excluding steroid dienone is 1. The van der Waals surface area contributed by atoms with E-state index < -0.39 is 12.0 Å². The first-order chi connectivity index (χ1) is 14.5. The summed E-state index contributed by atoms with van der Waals surface area (Å²) in [7, 11) is 0. The molecule has 0 aliphatic carbocycles. The van der Waals surface area contributed by atoms with Crippen LogP contribution in [-0.4, -0.2) is 54.1 Å². The van der Waals surface area contributed by atoms with Gasteiger partial charge in [0.15, 0.2) is 0 Å². The summed E-state index contributed by atoms with van der Waals surface area (Å²) in [6, 6.07) is 6.77. The fourth-order valence-corrected chi connectivity index (χ4v) is 4.37. The molecule has 1 aromatic carbocycles. The minimum absolute atomic E-state index is 0. The van der Waals surface area contributed by atoms with Crippen molar-refractivity contribution in [2.45, 2.75) is 56.2 Å². The van der Waals surface area contributed by atoms with Gasteiger partial charge >= 0.3 is 5.97 Å². The van der Waals surface area contributed by atoms with Gasteiger partial charge in [0.05, 0.1) is 17.4 Å². The number of benzene rings is 1. The Morgan fingerprint density at radius 2 is 2.06 bits per heavy atom. The number of thioether (sulfide) groups is 1. The molecule has 0 spiro atoms. The van der Waals surface area contributed by atoms with E-state index in [0.29, 0.717) is 30.9 Å². The number of carboxylic acid groups (broad SMARTS) is 1. The van der Waals surface area contributed by atoms with Gasteiger partial charge in [-0.1, -0.05) is 18.6 Å². The molecule has 1 aliphatic heterocycles. The number of hydrogen-bond donors (Lipinski definition) is 3. The van der Waals surface area contributed by atoms with Gasteiger partial charge in [0, 0.05) is 17.3 Å². The predicted molar refractivity (Wildman–Crippen MR) is 130 cm³/mol. The number of nitrogens with zero attached hydrogens (tertiary/aromatic N) is 1. The van der Waals surface area contributed by atoms with Crippen molar-refractivity contribution in [1.29, 1.82) is 0 Å². The molecular formula is C21H31Cl2N3O5S. The number of aliphatic carboxylic acids is 1. The molecule has 180 valence electrons. The lowest BCUT2D eigenvalue weighted by atomic mass is 10.1. The number of hydrogen-bond acceptors (Lipinski definition) is 7. The fraction of sp³-hybridized carbons (Fsp3) is 0.524. The Balaban J connectivity index is 0.00000480. The van der Waals surface area contributed by atoms with Crippen LogP contribution in [0.1, 0.15) is 39.0 Å². The van der Waals surface area contributed by atoms with E-state index in [1.165, 1.54) is 16.7 Å². The van der Waals surface area contributed by atoms with E-state index in [4.69, 9.17) is 10.5 Å². The summed E-state index contributed by atoms with van der Waals surface area (Å²) < 4.78 is 5.78. The van der Waals surface area contributed by atoms with E-state index in [-0.39, 0.29) is 49.2 Å². The Morgan fingerprint density at radius 3 is 2.72 bits per heavy atom. The van der Waals surface area contributed by atoms with Crippen LogP contribution in [0.4, 0.5) is 5.69 Å². The van der Waals surface area contributed by atoms with Crippen molar-refractivity contribution in [1.82, 2.24) is 5.32 Å². The number of anilines is 1. The number of unbranched alkanes of at least 4 members (excludes halogenated alkanes) is 2. The summed E-state index contributed by atoms with van der Waals surface area (Å²) in [6.45, 7) is 1.99. The molecule has 2 rings (SSSR count). The summed E-state index contributed by atoms with van der Waals surface area (Å²) in [5.74, 6) is 0.843. The summed E-state index contributed by atoms with van der Waals surface area (Å²) in [6.07, 6.45) is 3.40. The maximum atomic E-state index is 13.1. The van der Waals surface area contributed by atoms with Crippen LogP contribution in [0.15, 0.2) is 34.9 Å². The average molecular weight is 508 g/mol. The quantitative estimate of drug-likeness (QED) is 0.224. The number of nitrogens with one attached hydrogen (secondary N) is 1. The highest BCUT2D eigenvalue weighted by Crippen LogP contribution is 2.34. The molecule has 2 atom stereocenters. The Labute approximate surface area is 205 Å². The van der Waals surface area contributed by atoms with E-state index in [2.05, 4.69) is 5.32 Å². The van der Waals surface area contributed by atoms with Gasteiger partial charge in [0.25, 0.3) is 0 Å². The zero-order valence-corrected chi connectivity index (χ0v) is 20.4.